The van der Waals surface area contributed by atoms with Gasteiger partial charge in [-0.1, -0.05) is 36.8 Å². The predicted octanol–water partition coefficient (Wildman–Crippen LogP) is 4.09. The molecule has 1 heterocycles. The Kier molecular flexibility index (Phi) is 5.32. The minimum absolute atomic E-state index is 0.281. The number of ether oxygens (including phenoxy) is 1. The van der Waals surface area contributed by atoms with Gasteiger partial charge in [-0.25, -0.2) is 0 Å². The average Bonchev–Trinajstić information content (AvgIpc) is 2.50. The molecule has 0 bridgehead atoms. The van der Waals surface area contributed by atoms with E-state index in [-0.39, 0.29) is 5.60 Å². The molecule has 2 heteroatoms. The highest BCUT2D eigenvalue weighted by Crippen LogP contribution is 2.42. The number of rotatable bonds is 7. The van der Waals surface area contributed by atoms with E-state index >= 15 is 0 Å². The van der Waals surface area contributed by atoms with Crippen molar-refractivity contribution in [2.75, 3.05) is 13.2 Å². The summed E-state index contributed by atoms with van der Waals surface area (Å²) in [6.07, 6.45) is 11.6. The molecule has 1 saturated carbocycles. The van der Waals surface area contributed by atoms with Gasteiger partial charge in [-0.05, 0) is 63.5 Å². The van der Waals surface area contributed by atoms with E-state index in [1.165, 1.54) is 69.9 Å². The second-order valence-corrected chi connectivity index (χ2v) is 6.83. The van der Waals surface area contributed by atoms with Crippen LogP contribution in [-0.4, -0.2) is 24.8 Å². The summed E-state index contributed by atoms with van der Waals surface area (Å²) < 4.78 is 5.99. The largest absolute Gasteiger partial charge is 0.375 e. The normalized spacial score (nSPS) is 23.9. The van der Waals surface area contributed by atoms with Gasteiger partial charge in [-0.3, -0.25) is 0 Å². The molecule has 1 aromatic rings. The first-order valence-corrected chi connectivity index (χ1v) is 8.78. The smallest absolute Gasteiger partial charge is 0.0697 e. The molecule has 0 aromatic heterocycles. The Labute approximate surface area is 129 Å². The number of hydrogen-bond donors (Lipinski definition) is 1. The number of benzene rings is 1. The molecule has 116 valence electrons. The zero-order valence-electron chi connectivity index (χ0n) is 13.2. The van der Waals surface area contributed by atoms with Gasteiger partial charge in [0.1, 0.15) is 0 Å². The molecule has 1 saturated heterocycles. The lowest BCUT2D eigenvalue weighted by Crippen LogP contribution is -2.51. The van der Waals surface area contributed by atoms with E-state index in [0.29, 0.717) is 6.04 Å². The zero-order chi connectivity index (χ0) is 14.4. The number of unbranched alkanes of at least 4 members (excludes halogenated alkanes) is 2. The molecule has 1 N–H and O–H groups in total. The minimum Gasteiger partial charge on any atom is -0.375 e. The monoisotopic (exact) mass is 287 g/mol. The van der Waals surface area contributed by atoms with E-state index < -0.39 is 0 Å². The minimum atomic E-state index is 0.281. The van der Waals surface area contributed by atoms with Crippen molar-refractivity contribution in [3.63, 3.8) is 0 Å². The van der Waals surface area contributed by atoms with Crippen molar-refractivity contribution >= 4 is 0 Å². The lowest BCUT2D eigenvalue weighted by molar-refractivity contribution is -0.135. The summed E-state index contributed by atoms with van der Waals surface area (Å²) in [7, 11) is 0. The van der Waals surface area contributed by atoms with Crippen molar-refractivity contribution in [1.29, 1.82) is 0 Å². The molecule has 1 unspecified atom stereocenters. The van der Waals surface area contributed by atoms with Gasteiger partial charge in [-0.15, -0.1) is 0 Å². The SMILES string of the molecule is c1ccc(CCCCCNC2CCOC3(CCC3)C2)cc1. The summed E-state index contributed by atoms with van der Waals surface area (Å²) in [5.41, 5.74) is 1.75. The second kappa shape index (κ2) is 7.42. The Morgan fingerprint density at radius 1 is 1.10 bits per heavy atom. The quantitative estimate of drug-likeness (QED) is 0.763. The van der Waals surface area contributed by atoms with Crippen LogP contribution in [0.5, 0.6) is 0 Å². The predicted molar refractivity (Wildman–Crippen MR) is 87.6 cm³/mol. The highest BCUT2D eigenvalue weighted by molar-refractivity contribution is 5.14. The van der Waals surface area contributed by atoms with Gasteiger partial charge in [0.15, 0.2) is 0 Å². The van der Waals surface area contributed by atoms with E-state index in [9.17, 15) is 0 Å². The van der Waals surface area contributed by atoms with Crippen molar-refractivity contribution in [2.24, 2.45) is 0 Å². The summed E-state index contributed by atoms with van der Waals surface area (Å²) >= 11 is 0. The van der Waals surface area contributed by atoms with Gasteiger partial charge in [0.2, 0.25) is 0 Å². The number of nitrogens with one attached hydrogen (secondary N) is 1. The summed E-state index contributed by atoms with van der Waals surface area (Å²) in [5, 5.41) is 3.76. The highest BCUT2D eigenvalue weighted by atomic mass is 16.5. The van der Waals surface area contributed by atoms with Crippen molar-refractivity contribution in [2.45, 2.75) is 69.4 Å². The van der Waals surface area contributed by atoms with E-state index in [0.717, 1.165) is 6.61 Å². The van der Waals surface area contributed by atoms with Crippen molar-refractivity contribution < 1.29 is 4.74 Å². The molecule has 3 rings (SSSR count). The molecule has 0 amide bonds. The summed E-state index contributed by atoms with van der Waals surface area (Å²) in [5.74, 6) is 0. The van der Waals surface area contributed by atoms with E-state index in [2.05, 4.69) is 35.6 Å². The molecular weight excluding hydrogens is 258 g/mol. The molecule has 0 radical (unpaired) electrons. The Bertz CT molecular complexity index is 413. The third kappa shape index (κ3) is 4.31. The molecule has 2 fully saturated rings. The maximum absolute atomic E-state index is 5.99. The zero-order valence-corrected chi connectivity index (χ0v) is 13.2. The Morgan fingerprint density at radius 2 is 1.95 bits per heavy atom. The third-order valence-corrected chi connectivity index (χ3v) is 5.18. The topological polar surface area (TPSA) is 21.3 Å². The molecule has 1 spiro atoms. The lowest BCUT2D eigenvalue weighted by atomic mass is 9.74. The molecule has 1 aromatic carbocycles. The van der Waals surface area contributed by atoms with Gasteiger partial charge < -0.3 is 10.1 Å². The second-order valence-electron chi connectivity index (χ2n) is 6.83. The summed E-state index contributed by atoms with van der Waals surface area (Å²) in [4.78, 5) is 0. The van der Waals surface area contributed by atoms with Gasteiger partial charge >= 0.3 is 0 Å². The number of aryl methyl sites for hydroxylation is 1. The third-order valence-electron chi connectivity index (χ3n) is 5.18. The van der Waals surface area contributed by atoms with E-state index in [1.807, 2.05) is 0 Å². The first-order chi connectivity index (χ1) is 10.4. The molecule has 2 nitrogen and oxygen atoms in total. The van der Waals surface area contributed by atoms with Gasteiger partial charge in [0.05, 0.1) is 5.60 Å². The molecular formula is C19H29NO. The van der Waals surface area contributed by atoms with Gasteiger partial charge in [0, 0.05) is 12.6 Å². The fourth-order valence-electron chi connectivity index (χ4n) is 3.70. The van der Waals surface area contributed by atoms with Crippen LogP contribution in [0, 0.1) is 0 Å². The fraction of sp³-hybridized carbons (Fsp3) is 0.684. The van der Waals surface area contributed by atoms with Gasteiger partial charge in [-0.2, -0.15) is 0 Å². The van der Waals surface area contributed by atoms with Gasteiger partial charge in [0.25, 0.3) is 0 Å². The summed E-state index contributed by atoms with van der Waals surface area (Å²) in [6, 6.07) is 11.5. The van der Waals surface area contributed by atoms with Crippen LogP contribution in [0.3, 0.4) is 0 Å². The molecule has 1 aliphatic heterocycles. The molecule has 1 atom stereocenters. The van der Waals surface area contributed by atoms with Crippen LogP contribution < -0.4 is 5.32 Å². The molecule has 1 aliphatic carbocycles. The Hall–Kier alpha value is -0.860. The first kappa shape index (κ1) is 15.1. The van der Waals surface area contributed by atoms with Crippen molar-refractivity contribution in [3.8, 4) is 0 Å². The van der Waals surface area contributed by atoms with Crippen LogP contribution in [0.25, 0.3) is 0 Å². The summed E-state index contributed by atoms with van der Waals surface area (Å²) in [6.45, 7) is 2.14. The average molecular weight is 287 g/mol. The van der Waals surface area contributed by atoms with Crippen LogP contribution >= 0.6 is 0 Å². The fourth-order valence-corrected chi connectivity index (χ4v) is 3.70. The Balaban J connectivity index is 1.25. The maximum Gasteiger partial charge on any atom is 0.0697 e. The molecule has 2 aliphatic rings. The van der Waals surface area contributed by atoms with Crippen molar-refractivity contribution in [1.82, 2.24) is 5.32 Å². The van der Waals surface area contributed by atoms with Crippen LogP contribution in [0.2, 0.25) is 0 Å². The number of hydrogen-bond acceptors (Lipinski definition) is 2. The van der Waals surface area contributed by atoms with E-state index in [4.69, 9.17) is 4.74 Å². The van der Waals surface area contributed by atoms with Crippen LogP contribution in [-0.2, 0) is 11.2 Å². The van der Waals surface area contributed by atoms with Crippen LogP contribution in [0.15, 0.2) is 30.3 Å². The highest BCUT2D eigenvalue weighted by Gasteiger charge is 2.42. The molecule has 21 heavy (non-hydrogen) atoms. The van der Waals surface area contributed by atoms with E-state index in [1.54, 1.807) is 0 Å². The van der Waals surface area contributed by atoms with Crippen LogP contribution in [0.1, 0.15) is 56.9 Å². The lowest BCUT2D eigenvalue weighted by Gasteiger charge is -2.47. The van der Waals surface area contributed by atoms with Crippen LogP contribution in [0.4, 0.5) is 0 Å². The Morgan fingerprint density at radius 3 is 2.71 bits per heavy atom. The first-order valence-electron chi connectivity index (χ1n) is 8.78. The standard InChI is InChI=1S/C19H29NO/c1-3-8-17(9-4-1)10-5-2-6-14-20-18-11-15-21-19(16-18)12-7-13-19/h1,3-4,8-9,18,20H,2,5-7,10-16H2. The van der Waals surface area contributed by atoms with Crippen molar-refractivity contribution in [3.05, 3.63) is 35.9 Å². The maximum atomic E-state index is 5.99.